The minimum atomic E-state index is -1.10. The molecule has 0 aromatic heterocycles. The highest BCUT2D eigenvalue weighted by Crippen LogP contribution is 2.09. The molecule has 1 amide bonds. The second kappa shape index (κ2) is 6.13. The molecule has 0 radical (unpaired) electrons. The summed E-state index contributed by atoms with van der Waals surface area (Å²) >= 11 is 0. The SMILES string of the molecule is O=C(O)c1cccc(CNC(=O)c2ccc(F)c(F)c2)c1. The Kier molecular flexibility index (Phi) is 4.27. The molecular weight excluding hydrogens is 280 g/mol. The number of benzene rings is 2. The molecule has 0 aliphatic carbocycles. The Labute approximate surface area is 119 Å². The molecule has 21 heavy (non-hydrogen) atoms. The van der Waals surface area contributed by atoms with Crippen molar-refractivity contribution >= 4 is 11.9 Å². The highest BCUT2D eigenvalue weighted by atomic mass is 19.2. The van der Waals surface area contributed by atoms with Crippen LogP contribution < -0.4 is 5.32 Å². The standard InChI is InChI=1S/C15H11F2NO3/c16-12-5-4-10(7-13(12)17)14(19)18-8-9-2-1-3-11(6-9)15(20)21/h1-7H,8H2,(H,18,19)(H,20,21). The van der Waals surface area contributed by atoms with Crippen molar-refractivity contribution in [2.75, 3.05) is 0 Å². The Bertz CT molecular complexity index is 701. The summed E-state index contributed by atoms with van der Waals surface area (Å²) in [7, 11) is 0. The van der Waals surface area contributed by atoms with E-state index in [1.165, 1.54) is 18.2 Å². The lowest BCUT2D eigenvalue weighted by Crippen LogP contribution is -2.23. The van der Waals surface area contributed by atoms with Crippen molar-refractivity contribution in [3.8, 4) is 0 Å². The first-order valence-corrected chi connectivity index (χ1v) is 6.03. The fraction of sp³-hybridized carbons (Fsp3) is 0.0667. The maximum Gasteiger partial charge on any atom is 0.335 e. The van der Waals surface area contributed by atoms with E-state index in [4.69, 9.17) is 5.11 Å². The first-order chi connectivity index (χ1) is 9.97. The molecule has 2 N–H and O–H groups in total. The lowest BCUT2D eigenvalue weighted by Gasteiger charge is -2.06. The van der Waals surface area contributed by atoms with Crippen LogP contribution in [0.25, 0.3) is 0 Å². The molecule has 0 unspecified atom stereocenters. The van der Waals surface area contributed by atoms with Gasteiger partial charge in [-0.25, -0.2) is 13.6 Å². The summed E-state index contributed by atoms with van der Waals surface area (Å²) in [6.45, 7) is 0.0823. The van der Waals surface area contributed by atoms with Crippen LogP contribution in [0.4, 0.5) is 8.78 Å². The number of halogens is 2. The summed E-state index contributed by atoms with van der Waals surface area (Å²) in [6.07, 6.45) is 0. The molecule has 0 saturated carbocycles. The summed E-state index contributed by atoms with van der Waals surface area (Å²) in [6, 6.07) is 8.91. The molecule has 2 aromatic carbocycles. The number of rotatable bonds is 4. The van der Waals surface area contributed by atoms with Crippen molar-refractivity contribution in [2.24, 2.45) is 0 Å². The monoisotopic (exact) mass is 291 g/mol. The quantitative estimate of drug-likeness (QED) is 0.910. The van der Waals surface area contributed by atoms with Crippen molar-refractivity contribution in [3.05, 3.63) is 70.8 Å². The molecule has 0 spiro atoms. The first-order valence-electron chi connectivity index (χ1n) is 6.03. The van der Waals surface area contributed by atoms with E-state index in [2.05, 4.69) is 5.32 Å². The van der Waals surface area contributed by atoms with Gasteiger partial charge < -0.3 is 10.4 Å². The van der Waals surface area contributed by atoms with Gasteiger partial charge in [0.15, 0.2) is 11.6 Å². The maximum absolute atomic E-state index is 13.0. The lowest BCUT2D eigenvalue weighted by molar-refractivity contribution is 0.0696. The summed E-state index contributed by atoms with van der Waals surface area (Å²) in [5.41, 5.74) is 0.684. The topological polar surface area (TPSA) is 66.4 Å². The average Bonchev–Trinajstić information content (AvgIpc) is 2.48. The van der Waals surface area contributed by atoms with E-state index >= 15 is 0 Å². The van der Waals surface area contributed by atoms with Crippen LogP contribution in [0.15, 0.2) is 42.5 Å². The van der Waals surface area contributed by atoms with Crippen LogP contribution in [-0.4, -0.2) is 17.0 Å². The molecule has 0 aliphatic heterocycles. The van der Waals surface area contributed by atoms with Gasteiger partial charge in [0.2, 0.25) is 0 Å². The zero-order chi connectivity index (χ0) is 15.4. The van der Waals surface area contributed by atoms with Gasteiger partial charge >= 0.3 is 5.97 Å². The van der Waals surface area contributed by atoms with E-state index in [1.54, 1.807) is 12.1 Å². The Morgan fingerprint density at radius 2 is 1.76 bits per heavy atom. The lowest BCUT2D eigenvalue weighted by atomic mass is 10.1. The van der Waals surface area contributed by atoms with Gasteiger partial charge in [0.05, 0.1) is 5.56 Å². The van der Waals surface area contributed by atoms with Crippen molar-refractivity contribution in [1.29, 1.82) is 0 Å². The largest absolute Gasteiger partial charge is 0.478 e. The third-order valence-corrected chi connectivity index (χ3v) is 2.81. The highest BCUT2D eigenvalue weighted by Gasteiger charge is 2.10. The third-order valence-electron chi connectivity index (χ3n) is 2.81. The van der Waals surface area contributed by atoms with E-state index in [0.717, 1.165) is 12.1 Å². The maximum atomic E-state index is 13.0. The van der Waals surface area contributed by atoms with Crippen LogP contribution in [0.3, 0.4) is 0 Å². The predicted octanol–water partition coefficient (Wildman–Crippen LogP) is 2.59. The van der Waals surface area contributed by atoms with Crippen LogP contribution in [0, 0.1) is 11.6 Å². The predicted molar refractivity (Wildman–Crippen MR) is 70.9 cm³/mol. The van der Waals surface area contributed by atoms with E-state index in [0.29, 0.717) is 5.56 Å². The number of nitrogens with one attached hydrogen (secondary N) is 1. The van der Waals surface area contributed by atoms with Crippen LogP contribution in [-0.2, 0) is 6.54 Å². The summed E-state index contributed by atoms with van der Waals surface area (Å²) in [4.78, 5) is 22.6. The minimum Gasteiger partial charge on any atom is -0.478 e. The van der Waals surface area contributed by atoms with Gasteiger partial charge in [-0.2, -0.15) is 0 Å². The molecular formula is C15H11F2NO3. The van der Waals surface area contributed by atoms with E-state index in [1.807, 2.05) is 0 Å². The fourth-order valence-electron chi connectivity index (χ4n) is 1.74. The zero-order valence-electron chi connectivity index (χ0n) is 10.8. The van der Waals surface area contributed by atoms with Crippen molar-refractivity contribution in [1.82, 2.24) is 5.32 Å². The van der Waals surface area contributed by atoms with Gasteiger partial charge in [-0.15, -0.1) is 0 Å². The average molecular weight is 291 g/mol. The molecule has 0 saturated heterocycles. The summed E-state index contributed by atoms with van der Waals surface area (Å²) in [5.74, 6) is -3.77. The number of carboxylic acids is 1. The fourth-order valence-corrected chi connectivity index (χ4v) is 1.74. The van der Waals surface area contributed by atoms with Crippen LogP contribution >= 0.6 is 0 Å². The molecule has 0 atom stereocenters. The Morgan fingerprint density at radius 1 is 1.00 bits per heavy atom. The smallest absolute Gasteiger partial charge is 0.335 e. The second-order valence-electron chi connectivity index (χ2n) is 4.32. The summed E-state index contributed by atoms with van der Waals surface area (Å²) < 4.78 is 25.8. The number of amides is 1. The Balaban J connectivity index is 2.05. The van der Waals surface area contributed by atoms with Crippen molar-refractivity contribution in [3.63, 3.8) is 0 Å². The highest BCUT2D eigenvalue weighted by molar-refractivity contribution is 5.94. The van der Waals surface area contributed by atoms with E-state index in [9.17, 15) is 18.4 Å². The van der Waals surface area contributed by atoms with Gasteiger partial charge in [0, 0.05) is 12.1 Å². The van der Waals surface area contributed by atoms with Crippen LogP contribution in [0.5, 0.6) is 0 Å². The summed E-state index contributed by atoms with van der Waals surface area (Å²) in [5, 5.41) is 11.4. The molecule has 2 rings (SSSR count). The van der Waals surface area contributed by atoms with Gasteiger partial charge in [-0.05, 0) is 35.9 Å². The second-order valence-corrected chi connectivity index (χ2v) is 4.32. The van der Waals surface area contributed by atoms with Gasteiger partial charge in [0.25, 0.3) is 5.91 Å². The van der Waals surface area contributed by atoms with Crippen molar-refractivity contribution in [2.45, 2.75) is 6.54 Å². The van der Waals surface area contributed by atoms with Crippen molar-refractivity contribution < 1.29 is 23.5 Å². The molecule has 0 heterocycles. The van der Waals surface area contributed by atoms with Crippen LogP contribution in [0.2, 0.25) is 0 Å². The number of carbonyl (C=O) groups excluding carboxylic acids is 1. The molecule has 0 fully saturated rings. The van der Waals surface area contributed by atoms with Gasteiger partial charge in [0.1, 0.15) is 0 Å². The minimum absolute atomic E-state index is 0.0108. The van der Waals surface area contributed by atoms with E-state index in [-0.39, 0.29) is 17.7 Å². The third kappa shape index (κ3) is 3.62. The molecule has 2 aromatic rings. The van der Waals surface area contributed by atoms with Gasteiger partial charge in [-0.1, -0.05) is 12.1 Å². The zero-order valence-corrected chi connectivity index (χ0v) is 10.8. The number of hydrogen-bond donors (Lipinski definition) is 2. The Morgan fingerprint density at radius 3 is 2.43 bits per heavy atom. The normalized spacial score (nSPS) is 10.2. The molecule has 108 valence electrons. The molecule has 0 aliphatic rings. The molecule has 6 heteroatoms. The van der Waals surface area contributed by atoms with Crippen LogP contribution in [0.1, 0.15) is 26.3 Å². The number of hydrogen-bond acceptors (Lipinski definition) is 2. The van der Waals surface area contributed by atoms with Gasteiger partial charge in [-0.3, -0.25) is 4.79 Å². The number of aromatic carboxylic acids is 1. The van der Waals surface area contributed by atoms with E-state index < -0.39 is 23.5 Å². The molecule has 0 bridgehead atoms. The number of carboxylic acid groups (broad SMARTS) is 1. The first kappa shape index (κ1) is 14.6. The molecule has 4 nitrogen and oxygen atoms in total. The Hall–Kier alpha value is -2.76. The number of carbonyl (C=O) groups is 2.